The van der Waals surface area contributed by atoms with Gasteiger partial charge in [-0.05, 0) is 24.3 Å². The SMILES string of the molecule is C=CCN(C(=O)COC(=O)c1ccc(Cl)c([N+](=O)[O-])c1)c1ccccc1. The molecule has 0 bridgehead atoms. The first-order chi connectivity index (χ1) is 12.4. The van der Waals surface area contributed by atoms with Crippen molar-refractivity contribution in [3.8, 4) is 0 Å². The van der Waals surface area contributed by atoms with Crippen molar-refractivity contribution in [3.05, 3.63) is 81.9 Å². The van der Waals surface area contributed by atoms with Crippen LogP contribution in [0.5, 0.6) is 0 Å². The molecule has 0 fully saturated rings. The minimum atomic E-state index is -0.857. The number of anilines is 1. The van der Waals surface area contributed by atoms with Crippen LogP contribution in [0.1, 0.15) is 10.4 Å². The molecule has 0 aliphatic carbocycles. The van der Waals surface area contributed by atoms with Gasteiger partial charge >= 0.3 is 5.97 Å². The number of nitrogens with zero attached hydrogens (tertiary/aromatic N) is 2. The molecular formula is C18H15ClN2O5. The third kappa shape index (κ3) is 4.67. The van der Waals surface area contributed by atoms with Crippen molar-refractivity contribution < 1.29 is 19.2 Å². The van der Waals surface area contributed by atoms with Gasteiger partial charge < -0.3 is 9.64 Å². The van der Waals surface area contributed by atoms with E-state index in [-0.39, 0.29) is 17.1 Å². The molecule has 8 heteroatoms. The van der Waals surface area contributed by atoms with Gasteiger partial charge in [-0.25, -0.2) is 4.79 Å². The number of rotatable bonds is 7. The Morgan fingerprint density at radius 3 is 2.54 bits per heavy atom. The minimum Gasteiger partial charge on any atom is -0.452 e. The number of hydrogen-bond donors (Lipinski definition) is 0. The Labute approximate surface area is 154 Å². The predicted molar refractivity (Wildman–Crippen MR) is 97.4 cm³/mol. The third-order valence-corrected chi connectivity index (χ3v) is 3.71. The van der Waals surface area contributed by atoms with Crippen LogP contribution in [0.15, 0.2) is 61.2 Å². The van der Waals surface area contributed by atoms with E-state index in [2.05, 4.69) is 6.58 Å². The monoisotopic (exact) mass is 374 g/mol. The average molecular weight is 375 g/mol. The molecule has 0 heterocycles. The van der Waals surface area contributed by atoms with E-state index in [1.807, 2.05) is 6.07 Å². The van der Waals surface area contributed by atoms with Gasteiger partial charge in [-0.2, -0.15) is 0 Å². The van der Waals surface area contributed by atoms with Gasteiger partial charge in [-0.15, -0.1) is 6.58 Å². The summed E-state index contributed by atoms with van der Waals surface area (Å²) in [4.78, 5) is 36.0. The number of hydrogen-bond acceptors (Lipinski definition) is 5. The van der Waals surface area contributed by atoms with Crippen molar-refractivity contribution in [3.63, 3.8) is 0 Å². The molecule has 0 radical (unpaired) electrons. The first kappa shape index (κ1) is 19.1. The van der Waals surface area contributed by atoms with Gasteiger partial charge in [0.25, 0.3) is 11.6 Å². The number of nitro groups is 1. The number of para-hydroxylation sites is 1. The van der Waals surface area contributed by atoms with Crippen molar-refractivity contribution in [2.24, 2.45) is 0 Å². The van der Waals surface area contributed by atoms with E-state index in [0.717, 1.165) is 6.07 Å². The molecule has 0 aliphatic rings. The van der Waals surface area contributed by atoms with Gasteiger partial charge in [0.05, 0.1) is 10.5 Å². The number of carbonyl (C=O) groups excluding carboxylic acids is 2. The van der Waals surface area contributed by atoms with Crippen LogP contribution >= 0.6 is 11.6 Å². The van der Waals surface area contributed by atoms with Crippen LogP contribution in [0.2, 0.25) is 5.02 Å². The van der Waals surface area contributed by atoms with Gasteiger partial charge in [-0.3, -0.25) is 14.9 Å². The molecule has 134 valence electrons. The summed E-state index contributed by atoms with van der Waals surface area (Å²) >= 11 is 5.70. The third-order valence-electron chi connectivity index (χ3n) is 3.39. The zero-order valence-electron chi connectivity index (χ0n) is 13.6. The van der Waals surface area contributed by atoms with Crippen LogP contribution in [-0.2, 0) is 9.53 Å². The maximum absolute atomic E-state index is 12.4. The number of ether oxygens (including phenoxy) is 1. The number of amides is 1. The summed E-state index contributed by atoms with van der Waals surface area (Å²) < 4.78 is 4.98. The molecule has 1 amide bonds. The molecule has 0 saturated heterocycles. The van der Waals surface area contributed by atoms with Crippen molar-refractivity contribution in [1.82, 2.24) is 0 Å². The molecule has 2 aromatic carbocycles. The standard InChI is InChI=1S/C18H15ClN2O5/c1-2-10-20(14-6-4-3-5-7-14)17(22)12-26-18(23)13-8-9-15(19)16(11-13)21(24)25/h2-9,11H,1,10,12H2. The fraction of sp³-hybridized carbons (Fsp3) is 0.111. The van der Waals surface area contributed by atoms with E-state index in [0.29, 0.717) is 5.69 Å². The van der Waals surface area contributed by atoms with Crippen LogP contribution in [0.4, 0.5) is 11.4 Å². The van der Waals surface area contributed by atoms with E-state index >= 15 is 0 Å². The predicted octanol–water partition coefficient (Wildman–Crippen LogP) is 3.62. The summed E-state index contributed by atoms with van der Waals surface area (Å²) in [6.07, 6.45) is 1.55. The summed E-state index contributed by atoms with van der Waals surface area (Å²) in [7, 11) is 0. The lowest BCUT2D eigenvalue weighted by molar-refractivity contribution is -0.384. The summed E-state index contributed by atoms with van der Waals surface area (Å²) in [5, 5.41) is 10.8. The van der Waals surface area contributed by atoms with Gasteiger partial charge in [-0.1, -0.05) is 35.9 Å². The van der Waals surface area contributed by atoms with Crippen LogP contribution in [0.3, 0.4) is 0 Å². The molecule has 0 unspecified atom stereocenters. The molecule has 0 saturated carbocycles. The largest absolute Gasteiger partial charge is 0.452 e. The van der Waals surface area contributed by atoms with Crippen molar-refractivity contribution in [1.29, 1.82) is 0 Å². The molecule has 0 aliphatic heterocycles. The van der Waals surface area contributed by atoms with E-state index < -0.39 is 29.1 Å². The van der Waals surface area contributed by atoms with E-state index in [1.165, 1.54) is 17.0 Å². The van der Waals surface area contributed by atoms with Crippen LogP contribution in [0, 0.1) is 10.1 Å². The second-order valence-corrected chi connectivity index (χ2v) is 5.54. The fourth-order valence-corrected chi connectivity index (χ4v) is 2.34. The number of benzene rings is 2. The second-order valence-electron chi connectivity index (χ2n) is 5.13. The number of nitro benzene ring substituents is 1. The molecule has 0 aromatic heterocycles. The lowest BCUT2D eigenvalue weighted by atomic mass is 10.2. The number of carbonyl (C=O) groups is 2. The zero-order chi connectivity index (χ0) is 19.1. The Bertz CT molecular complexity index is 839. The highest BCUT2D eigenvalue weighted by Crippen LogP contribution is 2.25. The first-order valence-corrected chi connectivity index (χ1v) is 7.89. The smallest absolute Gasteiger partial charge is 0.338 e. The van der Waals surface area contributed by atoms with Crippen molar-refractivity contribution >= 4 is 34.9 Å². The van der Waals surface area contributed by atoms with Crippen molar-refractivity contribution in [2.75, 3.05) is 18.1 Å². The molecule has 7 nitrogen and oxygen atoms in total. The van der Waals surface area contributed by atoms with Gasteiger partial charge in [0, 0.05) is 18.3 Å². The lowest BCUT2D eigenvalue weighted by Crippen LogP contribution is -2.34. The van der Waals surface area contributed by atoms with Crippen molar-refractivity contribution in [2.45, 2.75) is 0 Å². The average Bonchev–Trinajstić information content (AvgIpc) is 2.64. The van der Waals surface area contributed by atoms with Gasteiger partial charge in [0.15, 0.2) is 6.61 Å². The maximum atomic E-state index is 12.4. The topological polar surface area (TPSA) is 89.8 Å². The molecule has 2 aromatic rings. The van der Waals surface area contributed by atoms with Gasteiger partial charge in [0.1, 0.15) is 5.02 Å². The Balaban J connectivity index is 2.08. The van der Waals surface area contributed by atoms with E-state index in [1.54, 1.807) is 30.3 Å². The molecular weight excluding hydrogens is 360 g/mol. The summed E-state index contributed by atoms with van der Waals surface area (Å²) in [5.74, 6) is -1.31. The Kier molecular flexibility index (Phi) is 6.46. The highest BCUT2D eigenvalue weighted by molar-refractivity contribution is 6.32. The molecule has 0 atom stereocenters. The van der Waals surface area contributed by atoms with Gasteiger partial charge in [0.2, 0.25) is 0 Å². The van der Waals surface area contributed by atoms with Crippen LogP contribution < -0.4 is 4.90 Å². The lowest BCUT2D eigenvalue weighted by Gasteiger charge is -2.21. The first-order valence-electron chi connectivity index (χ1n) is 7.51. The minimum absolute atomic E-state index is 0.0659. The summed E-state index contributed by atoms with van der Waals surface area (Å²) in [6.45, 7) is 3.33. The zero-order valence-corrected chi connectivity index (χ0v) is 14.4. The molecule has 2 rings (SSSR count). The number of esters is 1. The number of halogens is 1. The van der Waals surface area contributed by atoms with Crippen LogP contribution in [-0.4, -0.2) is 30.0 Å². The highest BCUT2D eigenvalue weighted by atomic mass is 35.5. The molecule has 0 N–H and O–H groups in total. The summed E-state index contributed by atoms with van der Waals surface area (Å²) in [6, 6.07) is 12.4. The highest BCUT2D eigenvalue weighted by Gasteiger charge is 2.20. The quantitative estimate of drug-likeness (QED) is 0.319. The Hall–Kier alpha value is -3.19. The Morgan fingerprint density at radius 2 is 1.92 bits per heavy atom. The van der Waals surface area contributed by atoms with E-state index in [9.17, 15) is 19.7 Å². The molecule has 26 heavy (non-hydrogen) atoms. The fourth-order valence-electron chi connectivity index (χ4n) is 2.16. The second kappa shape index (κ2) is 8.77. The normalized spacial score (nSPS) is 10.0. The maximum Gasteiger partial charge on any atom is 0.338 e. The summed E-state index contributed by atoms with van der Waals surface area (Å²) in [5.41, 5.74) is 0.157. The molecule has 0 spiro atoms. The van der Waals surface area contributed by atoms with E-state index in [4.69, 9.17) is 16.3 Å². The van der Waals surface area contributed by atoms with Crippen LogP contribution in [0.25, 0.3) is 0 Å². The Morgan fingerprint density at radius 1 is 1.23 bits per heavy atom.